The maximum absolute atomic E-state index is 14.5. The lowest BCUT2D eigenvalue weighted by molar-refractivity contribution is 0.630. The molecule has 4 aromatic rings. The fourth-order valence-corrected chi connectivity index (χ4v) is 3.20. The molecule has 0 unspecified atom stereocenters. The number of benzene rings is 2. The van der Waals surface area contributed by atoms with Gasteiger partial charge in [-0.05, 0) is 36.2 Å². The van der Waals surface area contributed by atoms with Gasteiger partial charge in [-0.1, -0.05) is 65.2 Å². The van der Waals surface area contributed by atoms with E-state index in [2.05, 4.69) is 35.8 Å². The third-order valence-electron chi connectivity index (χ3n) is 4.52. The molecule has 0 saturated heterocycles. The van der Waals surface area contributed by atoms with Crippen molar-refractivity contribution in [3.8, 4) is 11.4 Å². The first-order chi connectivity index (χ1) is 16.0. The summed E-state index contributed by atoms with van der Waals surface area (Å²) in [5.41, 5.74) is 5.75. The summed E-state index contributed by atoms with van der Waals surface area (Å²) in [6.45, 7) is 2.37. The van der Waals surface area contributed by atoms with Gasteiger partial charge in [-0.3, -0.25) is 0 Å². The van der Waals surface area contributed by atoms with Gasteiger partial charge in [-0.25, -0.2) is 14.8 Å². The molecular weight excluding hydrogens is 464 g/mol. The van der Waals surface area contributed by atoms with E-state index in [-0.39, 0.29) is 28.3 Å². The molecule has 0 atom stereocenters. The van der Waals surface area contributed by atoms with Gasteiger partial charge in [-0.2, -0.15) is 20.1 Å². The fraction of sp³-hybridized carbons (Fsp3) is 0.0870. The molecule has 10 heteroatoms. The Hall–Kier alpha value is -3.62. The molecule has 2 aromatic carbocycles. The minimum Gasteiger partial charge on any atom is -0.350 e. The predicted molar refractivity (Wildman–Crippen MR) is 129 cm³/mol. The second-order valence-electron chi connectivity index (χ2n) is 7.03. The van der Waals surface area contributed by atoms with Crippen LogP contribution in [0.25, 0.3) is 11.4 Å². The Morgan fingerprint density at radius 3 is 2.48 bits per heavy atom. The molecule has 0 spiro atoms. The average Bonchev–Trinajstić information content (AvgIpc) is 2.80. The van der Waals surface area contributed by atoms with Gasteiger partial charge >= 0.3 is 0 Å². The zero-order valence-electron chi connectivity index (χ0n) is 17.4. The topological polar surface area (TPSA) is 88.0 Å². The van der Waals surface area contributed by atoms with Crippen molar-refractivity contribution in [1.82, 2.24) is 19.9 Å². The van der Waals surface area contributed by atoms with Crippen molar-refractivity contribution in [2.45, 2.75) is 13.5 Å². The third kappa shape index (κ3) is 6.00. The number of hydrogen-bond acceptors (Lipinski definition) is 7. The highest BCUT2D eigenvalue weighted by molar-refractivity contribution is 6.33. The molecule has 0 fully saturated rings. The van der Waals surface area contributed by atoms with Gasteiger partial charge in [0.2, 0.25) is 11.9 Å². The van der Waals surface area contributed by atoms with Gasteiger partial charge in [0.25, 0.3) is 0 Å². The number of rotatable bonds is 7. The smallest absolute Gasteiger partial charge is 0.248 e. The van der Waals surface area contributed by atoms with Crippen LogP contribution in [-0.4, -0.2) is 26.2 Å². The fourth-order valence-electron chi connectivity index (χ4n) is 2.84. The zero-order valence-corrected chi connectivity index (χ0v) is 18.9. The Labute approximate surface area is 199 Å². The lowest BCUT2D eigenvalue weighted by atomic mass is 10.2. The van der Waals surface area contributed by atoms with Crippen LogP contribution in [0.15, 0.2) is 65.9 Å². The molecule has 0 bridgehead atoms. The van der Waals surface area contributed by atoms with Crippen LogP contribution < -0.4 is 10.7 Å². The van der Waals surface area contributed by atoms with Crippen LogP contribution in [0.2, 0.25) is 10.2 Å². The maximum atomic E-state index is 14.5. The molecule has 0 aliphatic carbocycles. The van der Waals surface area contributed by atoms with Crippen molar-refractivity contribution in [3.05, 3.63) is 93.5 Å². The molecule has 33 heavy (non-hydrogen) atoms. The molecule has 2 aromatic heterocycles. The monoisotopic (exact) mass is 481 g/mol. The number of anilines is 2. The molecule has 0 aliphatic heterocycles. The highest BCUT2D eigenvalue weighted by atomic mass is 35.5. The summed E-state index contributed by atoms with van der Waals surface area (Å²) >= 11 is 12.1. The number of hydrogen-bond donors (Lipinski definition) is 2. The van der Waals surface area contributed by atoms with Crippen molar-refractivity contribution in [1.29, 1.82) is 0 Å². The minimum absolute atomic E-state index is 0.0675. The number of halogens is 3. The number of pyridine rings is 1. The van der Waals surface area contributed by atoms with Crippen LogP contribution >= 0.6 is 23.2 Å². The molecule has 0 saturated carbocycles. The zero-order chi connectivity index (χ0) is 23.2. The minimum atomic E-state index is -0.546. The van der Waals surface area contributed by atoms with Crippen molar-refractivity contribution in [3.63, 3.8) is 0 Å². The van der Waals surface area contributed by atoms with Crippen molar-refractivity contribution in [2.24, 2.45) is 5.10 Å². The molecule has 166 valence electrons. The Kier molecular flexibility index (Phi) is 7.07. The first-order valence-electron chi connectivity index (χ1n) is 9.88. The number of nitrogens with zero attached hydrogens (tertiary/aromatic N) is 5. The molecule has 7 nitrogen and oxygen atoms in total. The SMILES string of the molecule is Cc1ccc(C=NNc2nc(NCc3ccc(Cl)nc3)nc(-c3c(F)cccc3Cl)n2)cc1. The van der Waals surface area contributed by atoms with Crippen LogP contribution in [0.1, 0.15) is 16.7 Å². The van der Waals surface area contributed by atoms with Crippen LogP contribution in [0.3, 0.4) is 0 Å². The van der Waals surface area contributed by atoms with E-state index in [1.54, 1.807) is 24.5 Å². The summed E-state index contributed by atoms with van der Waals surface area (Å²) in [5, 5.41) is 7.84. The summed E-state index contributed by atoms with van der Waals surface area (Å²) in [7, 11) is 0. The van der Waals surface area contributed by atoms with Gasteiger partial charge in [0.1, 0.15) is 11.0 Å². The first-order valence-corrected chi connectivity index (χ1v) is 10.6. The van der Waals surface area contributed by atoms with E-state index >= 15 is 0 Å². The van der Waals surface area contributed by atoms with Gasteiger partial charge in [-0.15, -0.1) is 0 Å². The summed E-state index contributed by atoms with van der Waals surface area (Å²) in [4.78, 5) is 17.0. The predicted octanol–water partition coefficient (Wildman–Crippen LogP) is 5.75. The van der Waals surface area contributed by atoms with Gasteiger partial charge in [0.15, 0.2) is 5.82 Å². The summed E-state index contributed by atoms with van der Waals surface area (Å²) < 4.78 is 14.5. The molecule has 2 N–H and O–H groups in total. The van der Waals surface area contributed by atoms with Crippen molar-refractivity contribution < 1.29 is 4.39 Å². The lowest BCUT2D eigenvalue weighted by Gasteiger charge is -2.10. The molecular formula is C23H18Cl2FN7. The van der Waals surface area contributed by atoms with E-state index in [1.807, 2.05) is 37.3 Å². The van der Waals surface area contributed by atoms with Crippen LogP contribution in [-0.2, 0) is 6.54 Å². The highest BCUT2D eigenvalue weighted by Crippen LogP contribution is 2.29. The largest absolute Gasteiger partial charge is 0.350 e. The van der Waals surface area contributed by atoms with E-state index in [9.17, 15) is 4.39 Å². The third-order valence-corrected chi connectivity index (χ3v) is 5.06. The number of aryl methyl sites for hydroxylation is 1. The average molecular weight is 482 g/mol. The second kappa shape index (κ2) is 10.3. The Balaban J connectivity index is 1.62. The van der Waals surface area contributed by atoms with Crippen molar-refractivity contribution in [2.75, 3.05) is 10.7 Å². The Morgan fingerprint density at radius 2 is 1.76 bits per heavy atom. The standard InChI is InChI=1S/C23H18Cl2FN7/c1-14-5-7-15(8-6-14)13-29-33-23-31-21(20-17(24)3-2-4-18(20)26)30-22(32-23)28-12-16-9-10-19(25)27-11-16/h2-11,13H,12H2,1H3,(H2,28,30,31,32,33). The number of hydrazone groups is 1. The number of nitrogens with one attached hydrogen (secondary N) is 2. The van der Waals surface area contributed by atoms with E-state index < -0.39 is 5.82 Å². The Morgan fingerprint density at radius 1 is 0.970 bits per heavy atom. The van der Waals surface area contributed by atoms with Crippen LogP contribution in [0, 0.1) is 12.7 Å². The van der Waals surface area contributed by atoms with E-state index in [1.165, 1.54) is 12.1 Å². The van der Waals surface area contributed by atoms with E-state index in [0.29, 0.717) is 11.7 Å². The van der Waals surface area contributed by atoms with Crippen LogP contribution in [0.4, 0.5) is 16.3 Å². The molecule has 4 rings (SSSR count). The summed E-state index contributed by atoms with van der Waals surface area (Å²) in [6.07, 6.45) is 3.27. The van der Waals surface area contributed by atoms with Gasteiger partial charge in [0.05, 0.1) is 16.8 Å². The van der Waals surface area contributed by atoms with E-state index in [0.717, 1.165) is 16.7 Å². The quantitative estimate of drug-likeness (QED) is 0.198. The van der Waals surface area contributed by atoms with Gasteiger partial charge < -0.3 is 5.32 Å². The summed E-state index contributed by atoms with van der Waals surface area (Å²) in [6, 6.07) is 15.7. The normalized spacial score (nSPS) is 11.0. The molecule has 0 aliphatic rings. The first kappa shape index (κ1) is 22.6. The van der Waals surface area contributed by atoms with Crippen molar-refractivity contribution >= 4 is 41.3 Å². The van der Waals surface area contributed by atoms with Gasteiger partial charge in [0, 0.05) is 12.7 Å². The molecule has 0 radical (unpaired) electrons. The number of aromatic nitrogens is 4. The van der Waals surface area contributed by atoms with E-state index in [4.69, 9.17) is 23.2 Å². The van der Waals surface area contributed by atoms with Crippen LogP contribution in [0.5, 0.6) is 0 Å². The lowest BCUT2D eigenvalue weighted by Crippen LogP contribution is -2.09. The molecule has 2 heterocycles. The summed E-state index contributed by atoms with van der Waals surface area (Å²) in [5.74, 6) is -0.143. The second-order valence-corrected chi connectivity index (χ2v) is 7.82. The Bertz CT molecular complexity index is 1260. The highest BCUT2D eigenvalue weighted by Gasteiger charge is 2.16. The molecule has 0 amide bonds. The maximum Gasteiger partial charge on any atom is 0.248 e.